The van der Waals surface area contributed by atoms with Crippen molar-refractivity contribution in [1.29, 1.82) is 0 Å². The van der Waals surface area contributed by atoms with E-state index in [2.05, 4.69) is 20.6 Å². The predicted molar refractivity (Wildman–Crippen MR) is 128 cm³/mol. The number of halogens is 2. The zero-order chi connectivity index (χ0) is 24.4. The van der Waals surface area contributed by atoms with E-state index >= 15 is 0 Å². The summed E-state index contributed by atoms with van der Waals surface area (Å²) in [4.78, 5) is 38.0. The number of amides is 3. The largest absolute Gasteiger partial charge is 0.352 e. The van der Waals surface area contributed by atoms with Crippen LogP contribution in [0.3, 0.4) is 0 Å². The standard InChI is InChI=1S/C24H30ClFN6O2/c1-14(2)28-23-27-12-17-8-10-31(13-20(17)29-23)24(34)30-22(16-6-7-18(25)19(26)11-16)21-5-4-9-32(21)15(3)33/h6-7,11-12,14,21-22H,4-5,8-10,13H2,1-3H3,(H,30,34)(H,27,28,29). The second-order valence-corrected chi connectivity index (χ2v) is 9.57. The summed E-state index contributed by atoms with van der Waals surface area (Å²) in [6.07, 6.45) is 4.00. The lowest BCUT2D eigenvalue weighted by molar-refractivity contribution is -0.130. The van der Waals surface area contributed by atoms with E-state index in [1.165, 1.54) is 19.1 Å². The number of urea groups is 1. The quantitative estimate of drug-likeness (QED) is 0.666. The van der Waals surface area contributed by atoms with Gasteiger partial charge in [-0.15, -0.1) is 0 Å². The number of benzene rings is 1. The van der Waals surface area contributed by atoms with Gasteiger partial charge in [-0.25, -0.2) is 19.2 Å². The van der Waals surface area contributed by atoms with Gasteiger partial charge in [0.15, 0.2) is 0 Å². The molecule has 3 amide bonds. The molecule has 0 aliphatic carbocycles. The number of anilines is 1. The monoisotopic (exact) mass is 488 g/mol. The number of fused-ring (bicyclic) bond motifs is 1. The van der Waals surface area contributed by atoms with Gasteiger partial charge in [0.25, 0.3) is 0 Å². The van der Waals surface area contributed by atoms with Crippen LogP contribution in [0.25, 0.3) is 0 Å². The SMILES string of the molecule is CC(=O)N1CCCC1C(NC(=O)N1CCc2cnc(NC(C)C)nc2C1)c1ccc(Cl)c(F)c1. The fourth-order valence-corrected chi connectivity index (χ4v) is 4.78. The van der Waals surface area contributed by atoms with E-state index in [1.54, 1.807) is 15.9 Å². The molecular weight excluding hydrogens is 459 g/mol. The van der Waals surface area contributed by atoms with E-state index in [0.717, 1.165) is 24.1 Å². The van der Waals surface area contributed by atoms with Crippen molar-refractivity contribution in [1.82, 2.24) is 25.1 Å². The molecule has 34 heavy (non-hydrogen) atoms. The Labute approximate surface area is 203 Å². The van der Waals surface area contributed by atoms with Crippen LogP contribution < -0.4 is 10.6 Å². The third-order valence-corrected chi connectivity index (χ3v) is 6.63. The molecule has 10 heteroatoms. The summed E-state index contributed by atoms with van der Waals surface area (Å²) in [5, 5.41) is 6.28. The minimum atomic E-state index is -0.560. The molecule has 182 valence electrons. The fraction of sp³-hybridized carbons (Fsp3) is 0.500. The van der Waals surface area contributed by atoms with Crippen LogP contribution in [-0.2, 0) is 17.8 Å². The van der Waals surface area contributed by atoms with Crippen molar-refractivity contribution < 1.29 is 14.0 Å². The lowest BCUT2D eigenvalue weighted by Crippen LogP contribution is -2.50. The van der Waals surface area contributed by atoms with Crippen LogP contribution in [-0.4, -0.2) is 56.9 Å². The molecule has 2 N–H and O–H groups in total. The smallest absolute Gasteiger partial charge is 0.318 e. The molecular formula is C24H30ClFN6O2. The Balaban J connectivity index is 1.56. The summed E-state index contributed by atoms with van der Waals surface area (Å²) in [5.74, 6) is -0.0851. The molecule has 0 bridgehead atoms. The van der Waals surface area contributed by atoms with E-state index in [0.29, 0.717) is 37.6 Å². The topological polar surface area (TPSA) is 90.5 Å². The summed E-state index contributed by atoms with van der Waals surface area (Å²) in [7, 11) is 0. The van der Waals surface area contributed by atoms with Crippen LogP contribution in [0.4, 0.5) is 15.1 Å². The fourth-order valence-electron chi connectivity index (χ4n) is 4.67. The Kier molecular flexibility index (Phi) is 7.21. The first kappa shape index (κ1) is 24.2. The molecule has 3 heterocycles. The average molecular weight is 489 g/mol. The molecule has 1 aromatic heterocycles. The Morgan fingerprint density at radius 3 is 2.76 bits per heavy atom. The first-order valence-corrected chi connectivity index (χ1v) is 12.0. The van der Waals surface area contributed by atoms with Crippen molar-refractivity contribution in [2.24, 2.45) is 0 Å². The van der Waals surface area contributed by atoms with Crippen LogP contribution >= 0.6 is 11.6 Å². The Hall–Kier alpha value is -2.94. The normalized spacial score (nSPS) is 18.6. The van der Waals surface area contributed by atoms with Crippen LogP contribution in [0, 0.1) is 5.82 Å². The predicted octanol–water partition coefficient (Wildman–Crippen LogP) is 3.91. The summed E-state index contributed by atoms with van der Waals surface area (Å²) in [6, 6.07) is 3.62. The van der Waals surface area contributed by atoms with E-state index in [9.17, 15) is 14.0 Å². The third-order valence-electron chi connectivity index (χ3n) is 6.32. The van der Waals surface area contributed by atoms with Gasteiger partial charge >= 0.3 is 6.03 Å². The maximum Gasteiger partial charge on any atom is 0.318 e. The van der Waals surface area contributed by atoms with Gasteiger partial charge in [0.2, 0.25) is 11.9 Å². The number of hydrogen-bond donors (Lipinski definition) is 2. The molecule has 0 spiro atoms. The van der Waals surface area contributed by atoms with Gasteiger partial charge in [0.05, 0.1) is 29.3 Å². The zero-order valence-corrected chi connectivity index (χ0v) is 20.4. The van der Waals surface area contributed by atoms with Gasteiger partial charge in [0, 0.05) is 32.3 Å². The van der Waals surface area contributed by atoms with Crippen LogP contribution in [0.15, 0.2) is 24.4 Å². The molecule has 2 unspecified atom stereocenters. The number of hydrogen-bond acceptors (Lipinski definition) is 5. The summed E-state index contributed by atoms with van der Waals surface area (Å²) >= 11 is 5.89. The van der Waals surface area contributed by atoms with E-state index in [-0.39, 0.29) is 29.0 Å². The Bertz CT molecular complexity index is 1080. The molecule has 4 rings (SSSR count). The summed E-state index contributed by atoms with van der Waals surface area (Å²) < 4.78 is 14.3. The Morgan fingerprint density at radius 1 is 1.26 bits per heavy atom. The number of nitrogens with one attached hydrogen (secondary N) is 2. The van der Waals surface area contributed by atoms with Gasteiger partial charge in [-0.3, -0.25) is 4.79 Å². The number of carbonyl (C=O) groups excluding carboxylic acids is 2. The van der Waals surface area contributed by atoms with Crippen LogP contribution in [0.5, 0.6) is 0 Å². The molecule has 0 saturated carbocycles. The number of rotatable bonds is 5. The number of carbonyl (C=O) groups is 2. The van der Waals surface area contributed by atoms with Crippen molar-refractivity contribution in [3.8, 4) is 0 Å². The van der Waals surface area contributed by atoms with Crippen LogP contribution in [0.1, 0.15) is 56.5 Å². The molecule has 1 aromatic carbocycles. The van der Waals surface area contributed by atoms with E-state index < -0.39 is 11.9 Å². The number of nitrogens with zero attached hydrogens (tertiary/aromatic N) is 4. The molecule has 0 radical (unpaired) electrons. The maximum absolute atomic E-state index is 14.3. The van der Waals surface area contributed by atoms with Gasteiger partial charge < -0.3 is 20.4 Å². The number of likely N-dealkylation sites (tertiary alicyclic amines) is 1. The first-order valence-electron chi connectivity index (χ1n) is 11.6. The second-order valence-electron chi connectivity index (χ2n) is 9.16. The highest BCUT2D eigenvalue weighted by atomic mass is 35.5. The molecule has 2 aromatic rings. The number of aromatic nitrogens is 2. The second kappa shape index (κ2) is 10.1. The van der Waals surface area contributed by atoms with Crippen molar-refractivity contribution in [3.63, 3.8) is 0 Å². The van der Waals surface area contributed by atoms with Crippen molar-refractivity contribution in [2.75, 3.05) is 18.4 Å². The first-order chi connectivity index (χ1) is 16.2. The van der Waals surface area contributed by atoms with E-state index in [1.807, 2.05) is 20.0 Å². The van der Waals surface area contributed by atoms with Crippen molar-refractivity contribution in [2.45, 2.75) is 64.7 Å². The van der Waals surface area contributed by atoms with Crippen molar-refractivity contribution >= 4 is 29.5 Å². The van der Waals surface area contributed by atoms with Gasteiger partial charge in [-0.1, -0.05) is 17.7 Å². The van der Waals surface area contributed by atoms with Gasteiger partial charge in [0.1, 0.15) is 5.82 Å². The van der Waals surface area contributed by atoms with Gasteiger partial charge in [-0.05, 0) is 56.4 Å². The molecule has 2 aliphatic heterocycles. The summed E-state index contributed by atoms with van der Waals surface area (Å²) in [6.45, 7) is 7.01. The lowest BCUT2D eigenvalue weighted by Gasteiger charge is -2.35. The highest BCUT2D eigenvalue weighted by Gasteiger charge is 2.36. The highest BCUT2D eigenvalue weighted by molar-refractivity contribution is 6.30. The van der Waals surface area contributed by atoms with Crippen LogP contribution in [0.2, 0.25) is 5.02 Å². The lowest BCUT2D eigenvalue weighted by atomic mass is 9.97. The molecule has 2 aliphatic rings. The summed E-state index contributed by atoms with van der Waals surface area (Å²) in [5.41, 5.74) is 2.41. The molecule has 1 fully saturated rings. The molecule has 8 nitrogen and oxygen atoms in total. The maximum atomic E-state index is 14.3. The molecule has 2 atom stereocenters. The molecule has 1 saturated heterocycles. The van der Waals surface area contributed by atoms with E-state index in [4.69, 9.17) is 11.6 Å². The average Bonchev–Trinajstić information content (AvgIpc) is 3.28. The van der Waals surface area contributed by atoms with Gasteiger partial charge in [-0.2, -0.15) is 0 Å². The minimum Gasteiger partial charge on any atom is -0.352 e. The third kappa shape index (κ3) is 5.24. The van der Waals surface area contributed by atoms with Crippen molar-refractivity contribution in [3.05, 3.63) is 52.1 Å². The highest BCUT2D eigenvalue weighted by Crippen LogP contribution is 2.32. The zero-order valence-electron chi connectivity index (χ0n) is 19.6. The Morgan fingerprint density at radius 2 is 2.06 bits per heavy atom. The minimum absolute atomic E-state index is 0.0156.